The van der Waals surface area contributed by atoms with Crippen LogP contribution in [0, 0.1) is 5.92 Å². The topological polar surface area (TPSA) is 22.1 Å². The molecule has 2 aliphatic rings. The summed E-state index contributed by atoms with van der Waals surface area (Å²) in [4.78, 5) is 12.0. The molecule has 1 atom stereocenters. The molecule has 2 aliphatic heterocycles. The first-order valence-electron chi connectivity index (χ1n) is 8.74. The van der Waals surface area contributed by atoms with Crippen molar-refractivity contribution >= 4 is 17.4 Å². The summed E-state index contributed by atoms with van der Waals surface area (Å²) < 4.78 is 0. The fourth-order valence-electron chi connectivity index (χ4n) is 3.37. The molecular formula is C19H27ClN4. The van der Waals surface area contributed by atoms with Gasteiger partial charge in [-0.2, -0.15) is 0 Å². The highest BCUT2D eigenvalue weighted by Crippen LogP contribution is 2.28. The quantitative estimate of drug-likeness (QED) is 0.804. The van der Waals surface area contributed by atoms with Crippen molar-refractivity contribution in [3.8, 4) is 0 Å². The van der Waals surface area contributed by atoms with Gasteiger partial charge in [0.15, 0.2) is 5.84 Å². The maximum atomic E-state index is 6.00. The molecule has 1 unspecified atom stereocenters. The Balaban J connectivity index is 1.84. The summed E-state index contributed by atoms with van der Waals surface area (Å²) in [5, 5.41) is 0.785. The lowest BCUT2D eigenvalue weighted by Crippen LogP contribution is -2.46. The third-order valence-electron chi connectivity index (χ3n) is 4.53. The summed E-state index contributed by atoms with van der Waals surface area (Å²) in [6, 6.07) is 8.12. The summed E-state index contributed by atoms with van der Waals surface area (Å²) in [5.41, 5.74) is 2.51. The first kappa shape index (κ1) is 17.2. The number of likely N-dealkylation sites (N-methyl/N-ethyl adjacent to an activating group) is 1. The first-order chi connectivity index (χ1) is 11.5. The predicted molar refractivity (Wildman–Crippen MR) is 101 cm³/mol. The van der Waals surface area contributed by atoms with E-state index in [1.807, 2.05) is 12.1 Å². The smallest absolute Gasteiger partial charge is 0.152 e. The van der Waals surface area contributed by atoms with Gasteiger partial charge in [-0.1, -0.05) is 44.5 Å². The molecule has 0 saturated carbocycles. The van der Waals surface area contributed by atoms with Crippen molar-refractivity contribution in [2.24, 2.45) is 10.9 Å². The number of rotatable bonds is 5. The Bertz CT molecular complexity index is 635. The van der Waals surface area contributed by atoms with E-state index in [9.17, 15) is 0 Å². The van der Waals surface area contributed by atoms with Crippen molar-refractivity contribution in [3.63, 3.8) is 0 Å². The lowest BCUT2D eigenvalue weighted by atomic mass is 10.1. The van der Waals surface area contributed by atoms with Crippen LogP contribution in [-0.4, -0.2) is 47.0 Å². The Morgan fingerprint density at radius 1 is 1.25 bits per heavy atom. The highest BCUT2D eigenvalue weighted by Gasteiger charge is 2.34. The van der Waals surface area contributed by atoms with Crippen LogP contribution in [0.5, 0.6) is 0 Å². The van der Waals surface area contributed by atoms with E-state index in [1.165, 1.54) is 11.3 Å². The van der Waals surface area contributed by atoms with Crippen LogP contribution in [0.3, 0.4) is 0 Å². The molecule has 0 amide bonds. The molecule has 3 rings (SSSR count). The van der Waals surface area contributed by atoms with Crippen molar-refractivity contribution in [2.45, 2.75) is 39.9 Å². The molecule has 0 aromatic heterocycles. The molecule has 24 heavy (non-hydrogen) atoms. The Kier molecular flexibility index (Phi) is 5.04. The molecule has 0 aliphatic carbocycles. The molecule has 0 saturated heterocycles. The van der Waals surface area contributed by atoms with Crippen molar-refractivity contribution in [1.82, 2.24) is 14.7 Å². The molecule has 0 N–H and O–H groups in total. The number of amidine groups is 1. The monoisotopic (exact) mass is 346 g/mol. The van der Waals surface area contributed by atoms with Crippen molar-refractivity contribution < 1.29 is 0 Å². The number of halogens is 1. The lowest BCUT2D eigenvalue weighted by Gasteiger charge is -2.38. The van der Waals surface area contributed by atoms with Gasteiger partial charge in [0.25, 0.3) is 0 Å². The minimum Gasteiger partial charge on any atom is -0.354 e. The summed E-state index contributed by atoms with van der Waals surface area (Å²) in [7, 11) is 2.15. The third kappa shape index (κ3) is 3.54. The first-order valence-corrected chi connectivity index (χ1v) is 9.12. The van der Waals surface area contributed by atoms with Gasteiger partial charge in [0, 0.05) is 31.4 Å². The highest BCUT2D eigenvalue weighted by molar-refractivity contribution is 6.30. The van der Waals surface area contributed by atoms with E-state index in [0.29, 0.717) is 5.92 Å². The summed E-state index contributed by atoms with van der Waals surface area (Å²) in [6.07, 6.45) is 3.56. The van der Waals surface area contributed by atoms with E-state index in [-0.39, 0.29) is 6.17 Å². The second-order valence-electron chi connectivity index (χ2n) is 7.10. The van der Waals surface area contributed by atoms with Gasteiger partial charge in [-0.15, -0.1) is 0 Å². The molecule has 4 nitrogen and oxygen atoms in total. The molecule has 130 valence electrons. The number of nitrogens with zero attached hydrogens (tertiary/aromatic N) is 4. The van der Waals surface area contributed by atoms with E-state index in [1.54, 1.807) is 0 Å². The van der Waals surface area contributed by atoms with Crippen LogP contribution in [0.4, 0.5) is 0 Å². The van der Waals surface area contributed by atoms with Gasteiger partial charge in [0.05, 0.1) is 12.4 Å². The van der Waals surface area contributed by atoms with Crippen molar-refractivity contribution in [2.75, 3.05) is 20.3 Å². The molecule has 1 aromatic carbocycles. The van der Waals surface area contributed by atoms with Gasteiger partial charge in [0.1, 0.15) is 6.17 Å². The average molecular weight is 347 g/mol. The zero-order valence-corrected chi connectivity index (χ0v) is 15.8. The third-order valence-corrected chi connectivity index (χ3v) is 4.79. The van der Waals surface area contributed by atoms with Gasteiger partial charge in [-0.25, -0.2) is 4.99 Å². The Hall–Kier alpha value is -1.68. The normalized spacial score (nSPS) is 20.4. The molecule has 2 heterocycles. The second-order valence-corrected chi connectivity index (χ2v) is 7.53. The maximum absolute atomic E-state index is 6.00. The van der Waals surface area contributed by atoms with Crippen LogP contribution in [0.1, 0.15) is 32.8 Å². The zero-order chi connectivity index (χ0) is 17.3. The Morgan fingerprint density at radius 3 is 2.58 bits per heavy atom. The molecule has 1 aromatic rings. The Labute approximate surface area is 150 Å². The fraction of sp³-hybridized carbons (Fsp3) is 0.526. The number of aliphatic imine (C=N–C) groups is 1. The van der Waals surface area contributed by atoms with Crippen LogP contribution in [0.25, 0.3) is 0 Å². The fourth-order valence-corrected chi connectivity index (χ4v) is 3.50. The largest absolute Gasteiger partial charge is 0.354 e. The summed E-state index contributed by atoms with van der Waals surface area (Å²) in [5.74, 6) is 1.76. The van der Waals surface area contributed by atoms with E-state index >= 15 is 0 Å². The maximum Gasteiger partial charge on any atom is 0.152 e. The van der Waals surface area contributed by atoms with Gasteiger partial charge in [-0.3, -0.25) is 0 Å². The van der Waals surface area contributed by atoms with Crippen LogP contribution < -0.4 is 0 Å². The Morgan fingerprint density at radius 2 is 1.96 bits per heavy atom. The molecule has 0 bridgehead atoms. The van der Waals surface area contributed by atoms with Gasteiger partial charge >= 0.3 is 0 Å². The number of hydrogen-bond donors (Lipinski definition) is 0. The van der Waals surface area contributed by atoms with E-state index in [2.05, 4.69) is 60.9 Å². The van der Waals surface area contributed by atoms with Crippen LogP contribution in [0.2, 0.25) is 5.02 Å². The standard InChI is InChI=1S/C19H27ClN4/c1-5-18-21-19-17(22(18)4)12-23(13-24(19)10-14(2)3)11-15-6-8-16(20)9-7-15/h6-9,12,14,18H,5,10-11,13H2,1-4H3. The number of fused-ring (bicyclic) bond motifs is 1. The second kappa shape index (κ2) is 7.06. The zero-order valence-electron chi connectivity index (χ0n) is 15.0. The van der Waals surface area contributed by atoms with Gasteiger partial charge in [0.2, 0.25) is 0 Å². The van der Waals surface area contributed by atoms with Crippen LogP contribution >= 0.6 is 11.6 Å². The lowest BCUT2D eigenvalue weighted by molar-refractivity contribution is 0.207. The van der Waals surface area contributed by atoms with Crippen LogP contribution in [0.15, 0.2) is 41.2 Å². The van der Waals surface area contributed by atoms with Gasteiger partial charge < -0.3 is 14.7 Å². The molecule has 5 heteroatoms. The molecule has 0 fully saturated rings. The van der Waals surface area contributed by atoms with Crippen molar-refractivity contribution in [1.29, 1.82) is 0 Å². The van der Waals surface area contributed by atoms with E-state index < -0.39 is 0 Å². The molecule has 0 radical (unpaired) electrons. The minimum absolute atomic E-state index is 0.261. The number of benzene rings is 1. The summed E-state index contributed by atoms with van der Waals surface area (Å²) in [6.45, 7) is 9.51. The predicted octanol–water partition coefficient (Wildman–Crippen LogP) is 3.99. The molecular weight excluding hydrogens is 320 g/mol. The molecule has 0 spiro atoms. The summed E-state index contributed by atoms with van der Waals surface area (Å²) >= 11 is 6.00. The SMILES string of the molecule is CCC1N=C2C(=CN(Cc3ccc(Cl)cc3)CN2CC(C)C)N1C. The van der Waals surface area contributed by atoms with E-state index in [4.69, 9.17) is 16.6 Å². The number of hydrogen-bond acceptors (Lipinski definition) is 4. The van der Waals surface area contributed by atoms with Gasteiger partial charge in [-0.05, 0) is 30.0 Å². The average Bonchev–Trinajstić information content (AvgIpc) is 2.86. The van der Waals surface area contributed by atoms with Crippen molar-refractivity contribution in [3.05, 3.63) is 46.7 Å². The van der Waals surface area contributed by atoms with E-state index in [0.717, 1.165) is 37.0 Å². The minimum atomic E-state index is 0.261. The highest BCUT2D eigenvalue weighted by atomic mass is 35.5. The van der Waals surface area contributed by atoms with Crippen LogP contribution in [-0.2, 0) is 6.54 Å².